The van der Waals surface area contributed by atoms with Crippen LogP contribution in [0.1, 0.15) is 70.5 Å². The van der Waals surface area contributed by atoms with Crippen LogP contribution in [0.3, 0.4) is 0 Å². The minimum absolute atomic E-state index is 0.0354. The zero-order valence-electron chi connectivity index (χ0n) is 32.4. The van der Waals surface area contributed by atoms with Crippen molar-refractivity contribution in [1.82, 2.24) is 30.4 Å². The van der Waals surface area contributed by atoms with Gasteiger partial charge in [0.25, 0.3) is 11.8 Å². The number of nitrogens with zero attached hydrogens (tertiary/aromatic N) is 7. The maximum Gasteiger partial charge on any atom is 0.270 e. The van der Waals surface area contributed by atoms with E-state index in [1.165, 1.54) is 0 Å². The van der Waals surface area contributed by atoms with Gasteiger partial charge in [-0.3, -0.25) is 29.4 Å². The van der Waals surface area contributed by atoms with Crippen LogP contribution in [-0.2, 0) is 16.1 Å². The molecule has 0 aliphatic carbocycles. The molecule has 0 bridgehead atoms. The summed E-state index contributed by atoms with van der Waals surface area (Å²) in [5.74, 6) is -0.360. The largest absolute Gasteiger partial charge is 0.370 e. The van der Waals surface area contributed by atoms with Gasteiger partial charge >= 0.3 is 0 Å². The minimum Gasteiger partial charge on any atom is -0.370 e. The molecule has 4 saturated heterocycles. The number of benzene rings is 2. The highest BCUT2D eigenvalue weighted by atomic mass is 35.5. The van der Waals surface area contributed by atoms with Crippen LogP contribution in [0.4, 0.5) is 17.1 Å². The van der Waals surface area contributed by atoms with Crippen molar-refractivity contribution in [3.63, 3.8) is 0 Å². The molecule has 58 heavy (non-hydrogen) atoms. The SMILES string of the molecule is N#Cc1c[nH]c2c(N3CCC[C@H](NC(=O)c4ccc(N5CCC(CN6CCN(c7ccc8c(c7)CN(C7CCC(=O)NC7=O)C8=O)CC6)CC5)cn4)C3)ccc(Cl)c12. The summed E-state index contributed by atoms with van der Waals surface area (Å²) in [4.78, 5) is 69.5. The molecule has 0 spiro atoms. The van der Waals surface area contributed by atoms with E-state index in [9.17, 15) is 24.4 Å². The molecule has 15 heteroatoms. The average molecular weight is 803 g/mol. The average Bonchev–Trinajstić information content (AvgIpc) is 3.83. The summed E-state index contributed by atoms with van der Waals surface area (Å²) < 4.78 is 0. The quantitative estimate of drug-likeness (QED) is 0.220. The lowest BCUT2D eigenvalue weighted by Crippen LogP contribution is -2.52. The maximum atomic E-state index is 13.3. The summed E-state index contributed by atoms with van der Waals surface area (Å²) in [5, 5.41) is 16.4. The predicted octanol–water partition coefficient (Wildman–Crippen LogP) is 4.29. The number of aromatic nitrogens is 2. The van der Waals surface area contributed by atoms with Crippen LogP contribution in [0, 0.1) is 17.2 Å². The van der Waals surface area contributed by atoms with Crippen LogP contribution in [0.2, 0.25) is 5.02 Å². The van der Waals surface area contributed by atoms with Crippen molar-refractivity contribution in [3.05, 3.63) is 82.3 Å². The number of fused-ring (bicyclic) bond motifs is 2. The number of amides is 4. The topological polar surface area (TPSA) is 161 Å². The van der Waals surface area contributed by atoms with Gasteiger partial charge in [0.1, 0.15) is 17.8 Å². The first-order chi connectivity index (χ1) is 28.2. The van der Waals surface area contributed by atoms with E-state index in [-0.39, 0.29) is 36.1 Å². The van der Waals surface area contributed by atoms with Crippen LogP contribution in [0.5, 0.6) is 0 Å². The van der Waals surface area contributed by atoms with E-state index in [0.717, 1.165) is 112 Å². The number of piperazine rings is 1. The second-order valence-corrected chi connectivity index (χ2v) is 16.7. The minimum atomic E-state index is -0.603. The second-order valence-electron chi connectivity index (χ2n) is 16.3. The van der Waals surface area contributed by atoms with E-state index in [1.807, 2.05) is 42.6 Å². The number of aromatic amines is 1. The third kappa shape index (κ3) is 7.44. The molecule has 5 aliphatic heterocycles. The highest BCUT2D eigenvalue weighted by Crippen LogP contribution is 2.35. The Labute approximate surface area is 342 Å². The smallest absolute Gasteiger partial charge is 0.270 e. The number of pyridine rings is 1. The molecule has 300 valence electrons. The summed E-state index contributed by atoms with van der Waals surface area (Å²) >= 11 is 6.44. The molecule has 3 N–H and O–H groups in total. The number of carbonyl (C=O) groups excluding carboxylic acids is 4. The molecule has 7 heterocycles. The van der Waals surface area contributed by atoms with Gasteiger partial charge in [-0.2, -0.15) is 5.26 Å². The van der Waals surface area contributed by atoms with Gasteiger partial charge in [-0.15, -0.1) is 0 Å². The lowest BCUT2D eigenvalue weighted by Gasteiger charge is -2.40. The van der Waals surface area contributed by atoms with Gasteiger partial charge in [0.05, 0.1) is 33.7 Å². The summed E-state index contributed by atoms with van der Waals surface area (Å²) in [6.45, 7) is 8.65. The number of piperidine rings is 3. The molecule has 9 rings (SSSR count). The second kappa shape index (κ2) is 15.9. The Morgan fingerprint density at radius 2 is 1.71 bits per heavy atom. The Kier molecular flexibility index (Phi) is 10.4. The highest BCUT2D eigenvalue weighted by Gasteiger charge is 2.39. The Hall–Kier alpha value is -5.65. The van der Waals surface area contributed by atoms with Crippen molar-refractivity contribution in [2.45, 2.75) is 57.2 Å². The van der Waals surface area contributed by atoms with Crippen LogP contribution in [0.25, 0.3) is 10.9 Å². The van der Waals surface area contributed by atoms with E-state index in [0.29, 0.717) is 47.3 Å². The number of hydrogen-bond acceptors (Lipinski definition) is 10. The fourth-order valence-electron chi connectivity index (χ4n) is 9.51. The molecule has 4 aromatic rings. The number of rotatable bonds is 8. The van der Waals surface area contributed by atoms with Crippen molar-refractivity contribution < 1.29 is 19.2 Å². The van der Waals surface area contributed by atoms with Gasteiger partial charge in [-0.25, -0.2) is 4.98 Å². The number of hydrogen-bond donors (Lipinski definition) is 3. The van der Waals surface area contributed by atoms with Crippen LogP contribution >= 0.6 is 11.6 Å². The summed E-state index contributed by atoms with van der Waals surface area (Å²) in [5.41, 5.74) is 6.47. The lowest BCUT2D eigenvalue weighted by atomic mass is 9.95. The van der Waals surface area contributed by atoms with Crippen molar-refractivity contribution in [2.75, 3.05) is 73.6 Å². The molecule has 4 fully saturated rings. The molecule has 14 nitrogen and oxygen atoms in total. The number of halogens is 1. The number of anilines is 3. The molecule has 0 radical (unpaired) electrons. The normalized spacial score (nSPS) is 22.0. The van der Waals surface area contributed by atoms with E-state index < -0.39 is 6.04 Å². The molecule has 2 aromatic carbocycles. The Morgan fingerprint density at radius 1 is 0.914 bits per heavy atom. The molecular formula is C43H47ClN10O4. The van der Waals surface area contributed by atoms with Gasteiger partial charge in [-0.05, 0) is 86.1 Å². The number of nitriles is 1. The first-order valence-corrected chi connectivity index (χ1v) is 20.8. The lowest BCUT2D eigenvalue weighted by molar-refractivity contribution is -0.136. The summed E-state index contributed by atoms with van der Waals surface area (Å²) in [7, 11) is 0. The molecule has 4 amide bonds. The number of imide groups is 1. The third-order valence-electron chi connectivity index (χ3n) is 12.7. The maximum absolute atomic E-state index is 13.3. The van der Waals surface area contributed by atoms with Gasteiger partial charge in [0, 0.05) is 101 Å². The molecule has 1 unspecified atom stereocenters. The molecule has 2 aromatic heterocycles. The van der Waals surface area contributed by atoms with Crippen LogP contribution in [-0.4, -0.2) is 114 Å². The van der Waals surface area contributed by atoms with Crippen molar-refractivity contribution in [1.29, 1.82) is 5.26 Å². The van der Waals surface area contributed by atoms with Gasteiger partial charge in [0.15, 0.2) is 0 Å². The van der Waals surface area contributed by atoms with Crippen LogP contribution < -0.4 is 25.3 Å². The highest BCUT2D eigenvalue weighted by molar-refractivity contribution is 6.36. The first kappa shape index (κ1) is 37.9. The first-order valence-electron chi connectivity index (χ1n) is 20.4. The summed E-state index contributed by atoms with van der Waals surface area (Å²) in [6.07, 6.45) is 8.13. The Balaban J connectivity index is 0.723. The van der Waals surface area contributed by atoms with Crippen molar-refractivity contribution in [2.24, 2.45) is 5.92 Å². The zero-order valence-corrected chi connectivity index (χ0v) is 33.1. The number of nitrogens with one attached hydrogen (secondary N) is 3. The van der Waals surface area contributed by atoms with E-state index in [2.05, 4.69) is 52.3 Å². The number of H-pyrrole nitrogens is 1. The fraction of sp³-hybridized carbons (Fsp3) is 0.442. The predicted molar refractivity (Wildman–Crippen MR) is 221 cm³/mol. The van der Waals surface area contributed by atoms with Crippen LogP contribution in [0.15, 0.2) is 54.9 Å². The number of carbonyl (C=O) groups is 4. The van der Waals surface area contributed by atoms with Gasteiger partial charge in [-0.1, -0.05) is 11.6 Å². The molecule has 5 aliphatic rings. The van der Waals surface area contributed by atoms with E-state index in [1.54, 1.807) is 11.1 Å². The molecule has 0 saturated carbocycles. The zero-order chi connectivity index (χ0) is 39.9. The Bertz CT molecular complexity index is 2290. The van der Waals surface area contributed by atoms with Crippen molar-refractivity contribution in [3.8, 4) is 6.07 Å². The molecular weight excluding hydrogens is 756 g/mol. The Morgan fingerprint density at radius 3 is 2.47 bits per heavy atom. The summed E-state index contributed by atoms with van der Waals surface area (Å²) in [6, 6.07) is 15.2. The van der Waals surface area contributed by atoms with Gasteiger partial charge in [0.2, 0.25) is 11.8 Å². The third-order valence-corrected chi connectivity index (χ3v) is 13.0. The monoisotopic (exact) mass is 802 g/mol. The molecule has 2 atom stereocenters. The van der Waals surface area contributed by atoms with Crippen molar-refractivity contribution >= 4 is 63.2 Å². The fourth-order valence-corrected chi connectivity index (χ4v) is 9.77. The van der Waals surface area contributed by atoms with E-state index >= 15 is 0 Å². The standard InChI is InChI=1S/C43H47ClN10O4/c44-34-6-8-36(40-39(34)29(21-45)22-47-40)53-13-1-2-30(26-53)48-41(56)35-7-4-32(23-46-35)51-14-11-27(12-15-51)24-50-16-18-52(19-17-50)31-3-5-33-28(20-31)25-54(43(33)58)37-9-10-38(55)49-42(37)57/h3-8,20,22-23,27,30,37,47H,1-2,9-19,24-26H2,(H,48,56)(H,49,55,57)/t30-,37?/m0/s1. The van der Waals surface area contributed by atoms with Gasteiger partial charge < -0.3 is 29.9 Å². The van der Waals surface area contributed by atoms with E-state index in [4.69, 9.17) is 11.6 Å².